The predicted octanol–water partition coefficient (Wildman–Crippen LogP) is 2.94. The highest BCUT2D eigenvalue weighted by atomic mass is 127. The number of ether oxygens (including phenoxy) is 2. The van der Waals surface area contributed by atoms with E-state index in [-0.39, 0.29) is 24.0 Å². The summed E-state index contributed by atoms with van der Waals surface area (Å²) in [5.74, 6) is 2.55. The second-order valence-corrected chi connectivity index (χ2v) is 7.90. The third kappa shape index (κ3) is 7.37. The van der Waals surface area contributed by atoms with E-state index in [9.17, 15) is 0 Å². The number of halogens is 1. The first-order chi connectivity index (χ1) is 14.2. The van der Waals surface area contributed by atoms with Crippen LogP contribution in [0.1, 0.15) is 32.1 Å². The number of methoxy groups -OCH3 is 2. The number of aliphatic imine (C=N–C) groups is 1. The number of anilines is 1. The fourth-order valence-corrected chi connectivity index (χ4v) is 4.15. The highest BCUT2D eigenvalue weighted by Crippen LogP contribution is 2.30. The van der Waals surface area contributed by atoms with Gasteiger partial charge >= 0.3 is 0 Å². The van der Waals surface area contributed by atoms with Crippen LogP contribution in [0.2, 0.25) is 0 Å². The van der Waals surface area contributed by atoms with E-state index in [4.69, 9.17) is 9.47 Å². The van der Waals surface area contributed by atoms with Crippen molar-refractivity contribution in [2.75, 3.05) is 65.4 Å². The van der Waals surface area contributed by atoms with Gasteiger partial charge in [-0.3, -0.25) is 4.99 Å². The number of rotatable bonds is 9. The average Bonchev–Trinajstić information content (AvgIpc) is 3.44. The van der Waals surface area contributed by atoms with Crippen molar-refractivity contribution in [3.05, 3.63) is 18.2 Å². The van der Waals surface area contributed by atoms with Gasteiger partial charge in [-0.15, -0.1) is 24.0 Å². The first-order valence-electron chi connectivity index (χ1n) is 10.9. The highest BCUT2D eigenvalue weighted by molar-refractivity contribution is 14.0. The number of unbranched alkanes of at least 4 members (excludes halogenated alkanes) is 1. The van der Waals surface area contributed by atoms with E-state index >= 15 is 0 Å². The first-order valence-corrected chi connectivity index (χ1v) is 10.9. The van der Waals surface area contributed by atoms with E-state index in [1.807, 2.05) is 13.1 Å². The zero-order chi connectivity index (χ0) is 20.5. The Kier molecular flexibility index (Phi) is 10.8. The van der Waals surface area contributed by atoms with Crippen LogP contribution < -0.4 is 25.0 Å². The number of likely N-dealkylation sites (tertiary alicyclic amines) is 1. The lowest BCUT2D eigenvalue weighted by Crippen LogP contribution is -2.44. The van der Waals surface area contributed by atoms with E-state index in [1.165, 1.54) is 45.3 Å². The smallest absolute Gasteiger partial charge is 0.191 e. The molecule has 1 aromatic rings. The summed E-state index contributed by atoms with van der Waals surface area (Å²) in [6, 6.07) is 6.42. The Hall–Kier alpha value is -1.42. The third-order valence-corrected chi connectivity index (χ3v) is 5.85. The maximum absolute atomic E-state index is 5.41. The normalized spacial score (nSPS) is 19.5. The number of benzene rings is 1. The van der Waals surface area contributed by atoms with Crippen LogP contribution >= 0.6 is 24.0 Å². The molecule has 0 spiro atoms. The Bertz CT molecular complexity index is 645. The zero-order valence-electron chi connectivity index (χ0n) is 18.7. The van der Waals surface area contributed by atoms with Gasteiger partial charge in [-0.2, -0.15) is 0 Å². The minimum Gasteiger partial charge on any atom is -0.497 e. The van der Waals surface area contributed by atoms with E-state index in [1.54, 1.807) is 14.2 Å². The molecular formula is C22H38IN5O2. The molecule has 2 saturated heterocycles. The van der Waals surface area contributed by atoms with Crippen molar-refractivity contribution in [1.29, 1.82) is 0 Å². The molecule has 2 fully saturated rings. The Morgan fingerprint density at radius 2 is 1.77 bits per heavy atom. The van der Waals surface area contributed by atoms with Gasteiger partial charge in [0.15, 0.2) is 5.96 Å². The van der Waals surface area contributed by atoms with Crippen LogP contribution in [0.3, 0.4) is 0 Å². The zero-order valence-corrected chi connectivity index (χ0v) is 21.0. The van der Waals surface area contributed by atoms with E-state index in [2.05, 4.69) is 37.6 Å². The van der Waals surface area contributed by atoms with Gasteiger partial charge in [0, 0.05) is 56.6 Å². The van der Waals surface area contributed by atoms with Crippen molar-refractivity contribution in [3.8, 4) is 11.5 Å². The van der Waals surface area contributed by atoms with E-state index in [0.29, 0.717) is 6.04 Å². The van der Waals surface area contributed by atoms with Crippen molar-refractivity contribution in [2.45, 2.75) is 38.1 Å². The quantitative estimate of drug-likeness (QED) is 0.221. The molecule has 3 rings (SSSR count). The van der Waals surface area contributed by atoms with Gasteiger partial charge in [0.05, 0.1) is 14.2 Å². The molecule has 2 aliphatic heterocycles. The van der Waals surface area contributed by atoms with Crippen LogP contribution in [0, 0.1) is 0 Å². The molecule has 170 valence electrons. The van der Waals surface area contributed by atoms with Crippen molar-refractivity contribution in [3.63, 3.8) is 0 Å². The number of nitrogens with zero attached hydrogens (tertiary/aromatic N) is 3. The summed E-state index contributed by atoms with van der Waals surface area (Å²) >= 11 is 0. The number of guanidine groups is 1. The molecule has 0 radical (unpaired) electrons. The topological polar surface area (TPSA) is 61.4 Å². The second-order valence-electron chi connectivity index (χ2n) is 7.90. The molecule has 2 heterocycles. The maximum Gasteiger partial charge on any atom is 0.191 e. The summed E-state index contributed by atoms with van der Waals surface area (Å²) in [5.41, 5.74) is 1.13. The monoisotopic (exact) mass is 531 g/mol. The van der Waals surface area contributed by atoms with E-state index < -0.39 is 0 Å². The minimum atomic E-state index is 0. The van der Waals surface area contributed by atoms with Crippen LogP contribution in [-0.2, 0) is 0 Å². The highest BCUT2D eigenvalue weighted by Gasteiger charge is 2.24. The van der Waals surface area contributed by atoms with Crippen molar-refractivity contribution < 1.29 is 9.47 Å². The molecule has 0 bridgehead atoms. The SMILES string of the molecule is CN=C(NCCCCN1CCCC1)NC1CCN(c2cc(OC)cc(OC)c2)C1.I. The fraction of sp³-hybridized carbons (Fsp3) is 0.682. The molecule has 0 saturated carbocycles. The summed E-state index contributed by atoms with van der Waals surface area (Å²) in [6.45, 7) is 6.71. The number of hydrogen-bond acceptors (Lipinski definition) is 5. The van der Waals surface area contributed by atoms with Crippen molar-refractivity contribution in [1.82, 2.24) is 15.5 Å². The molecule has 2 aliphatic rings. The molecule has 8 heteroatoms. The molecule has 7 nitrogen and oxygen atoms in total. The summed E-state index contributed by atoms with van der Waals surface area (Å²) in [6.07, 6.45) is 6.25. The molecule has 30 heavy (non-hydrogen) atoms. The predicted molar refractivity (Wildman–Crippen MR) is 135 cm³/mol. The van der Waals surface area contributed by atoms with Gasteiger partial charge in [0.25, 0.3) is 0 Å². The lowest BCUT2D eigenvalue weighted by Gasteiger charge is -2.21. The van der Waals surface area contributed by atoms with Crippen LogP contribution in [0.5, 0.6) is 11.5 Å². The van der Waals surface area contributed by atoms with Crippen LogP contribution in [0.4, 0.5) is 5.69 Å². The maximum atomic E-state index is 5.41. The van der Waals surface area contributed by atoms with Crippen molar-refractivity contribution >= 4 is 35.6 Å². The molecule has 1 unspecified atom stereocenters. The molecule has 2 N–H and O–H groups in total. The van der Waals surface area contributed by atoms with Crippen LogP contribution in [0.15, 0.2) is 23.2 Å². The third-order valence-electron chi connectivity index (χ3n) is 5.85. The Labute approximate surface area is 198 Å². The summed E-state index contributed by atoms with van der Waals surface area (Å²) in [4.78, 5) is 9.35. The summed E-state index contributed by atoms with van der Waals surface area (Å²) < 4.78 is 10.8. The summed E-state index contributed by atoms with van der Waals surface area (Å²) in [7, 11) is 5.22. The fourth-order valence-electron chi connectivity index (χ4n) is 4.15. The van der Waals surface area contributed by atoms with Gasteiger partial charge in [-0.25, -0.2) is 0 Å². The van der Waals surface area contributed by atoms with Crippen molar-refractivity contribution in [2.24, 2.45) is 4.99 Å². The Balaban J connectivity index is 0.00000320. The van der Waals surface area contributed by atoms with Gasteiger partial charge in [0.1, 0.15) is 11.5 Å². The van der Waals surface area contributed by atoms with Gasteiger partial charge in [0.2, 0.25) is 0 Å². The van der Waals surface area contributed by atoms with Crippen LogP contribution in [0.25, 0.3) is 0 Å². The second kappa shape index (κ2) is 13.1. The van der Waals surface area contributed by atoms with Crippen LogP contribution in [-0.4, -0.2) is 77.4 Å². The molecule has 0 amide bonds. The first kappa shape index (κ1) is 24.8. The van der Waals surface area contributed by atoms with E-state index in [0.717, 1.165) is 49.2 Å². The molecule has 1 atom stereocenters. The number of nitrogens with one attached hydrogen (secondary N) is 2. The Morgan fingerprint density at radius 1 is 1.07 bits per heavy atom. The molecular weight excluding hydrogens is 493 g/mol. The molecule has 1 aromatic carbocycles. The molecule has 0 aliphatic carbocycles. The largest absolute Gasteiger partial charge is 0.497 e. The lowest BCUT2D eigenvalue weighted by molar-refractivity contribution is 0.330. The lowest BCUT2D eigenvalue weighted by atomic mass is 10.2. The van der Waals surface area contributed by atoms with Gasteiger partial charge < -0.3 is 29.9 Å². The standard InChI is InChI=1S/C22H37N5O2.HI/c1-23-22(24-9-4-5-10-26-11-6-7-12-26)25-18-8-13-27(17-18)19-14-20(28-2)16-21(15-19)29-3;/h14-16,18H,4-13,17H2,1-3H3,(H2,23,24,25);1H. The minimum absolute atomic E-state index is 0. The molecule has 0 aromatic heterocycles. The average molecular weight is 531 g/mol. The van der Waals surface area contributed by atoms with Gasteiger partial charge in [-0.1, -0.05) is 0 Å². The Morgan fingerprint density at radius 3 is 2.40 bits per heavy atom. The van der Waals surface area contributed by atoms with Gasteiger partial charge in [-0.05, 0) is 51.7 Å². The number of hydrogen-bond donors (Lipinski definition) is 2. The summed E-state index contributed by atoms with van der Waals surface area (Å²) in [5, 5.41) is 7.05.